The van der Waals surface area contributed by atoms with Crippen LogP contribution in [0.25, 0.3) is 10.8 Å². The molecule has 3 aromatic carbocycles. The molecule has 0 spiro atoms. The predicted molar refractivity (Wildman–Crippen MR) is 121 cm³/mol. The van der Waals surface area contributed by atoms with Crippen LogP contribution >= 0.6 is 0 Å². The zero-order chi connectivity index (χ0) is 21.9. The Hall–Kier alpha value is -4.06. The monoisotopic (exact) mass is 427 g/mol. The third-order valence-corrected chi connectivity index (χ3v) is 5.38. The molecule has 0 atom stereocenters. The predicted octanol–water partition coefficient (Wildman–Crippen LogP) is 4.50. The quantitative estimate of drug-likeness (QED) is 0.383. The van der Waals surface area contributed by atoms with E-state index in [4.69, 9.17) is 14.2 Å². The minimum atomic E-state index is -0.465. The van der Waals surface area contributed by atoms with Crippen molar-refractivity contribution in [2.75, 3.05) is 13.2 Å². The number of carbonyl (C=O) groups excluding carboxylic acids is 1. The summed E-state index contributed by atoms with van der Waals surface area (Å²) in [4.78, 5) is 27.6. The van der Waals surface area contributed by atoms with Gasteiger partial charge in [0.15, 0.2) is 11.5 Å². The Kier molecular flexibility index (Phi) is 5.34. The van der Waals surface area contributed by atoms with E-state index >= 15 is 0 Å². The van der Waals surface area contributed by atoms with Crippen LogP contribution in [0.1, 0.15) is 27.9 Å². The van der Waals surface area contributed by atoms with E-state index in [1.54, 1.807) is 30.5 Å². The van der Waals surface area contributed by atoms with Crippen LogP contribution < -0.4 is 19.8 Å². The van der Waals surface area contributed by atoms with Gasteiger partial charge in [-0.2, -0.15) is 0 Å². The Morgan fingerprint density at radius 3 is 2.59 bits per heavy atom. The topological polar surface area (TPSA) is 77.6 Å². The Labute approximate surface area is 184 Å². The molecule has 6 nitrogen and oxygen atoms in total. The van der Waals surface area contributed by atoms with Crippen LogP contribution in [0.4, 0.5) is 0 Å². The van der Waals surface area contributed by atoms with Crippen molar-refractivity contribution >= 4 is 16.7 Å². The molecule has 1 aliphatic rings. The molecule has 1 aromatic heterocycles. The number of H-pyrrole nitrogens is 1. The lowest BCUT2D eigenvalue weighted by atomic mass is 10.0. The molecule has 0 bridgehead atoms. The van der Waals surface area contributed by atoms with Crippen molar-refractivity contribution in [1.29, 1.82) is 0 Å². The first-order valence-electron chi connectivity index (χ1n) is 10.5. The van der Waals surface area contributed by atoms with Crippen LogP contribution in [0.15, 0.2) is 77.7 Å². The SMILES string of the molecule is O=C(Oc1cccc(Cc2c[nH]c(=O)c3ccccc23)c1)c1ccc2c(c1)OCCCO2. The van der Waals surface area contributed by atoms with Crippen LogP contribution in [0.5, 0.6) is 17.2 Å². The zero-order valence-corrected chi connectivity index (χ0v) is 17.3. The van der Waals surface area contributed by atoms with Crippen LogP contribution in [0.3, 0.4) is 0 Å². The smallest absolute Gasteiger partial charge is 0.343 e. The number of carbonyl (C=O) groups is 1. The van der Waals surface area contributed by atoms with Gasteiger partial charge in [-0.3, -0.25) is 4.79 Å². The number of hydrogen-bond acceptors (Lipinski definition) is 5. The van der Waals surface area contributed by atoms with Crippen molar-refractivity contribution in [3.8, 4) is 17.2 Å². The summed E-state index contributed by atoms with van der Waals surface area (Å²) in [5, 5.41) is 1.56. The van der Waals surface area contributed by atoms with E-state index in [1.807, 2.05) is 42.5 Å². The fraction of sp³-hybridized carbons (Fsp3) is 0.154. The molecule has 1 N–H and O–H groups in total. The normalized spacial score (nSPS) is 12.9. The molecule has 0 unspecified atom stereocenters. The number of aromatic nitrogens is 1. The van der Waals surface area contributed by atoms with E-state index in [2.05, 4.69) is 4.98 Å². The van der Waals surface area contributed by atoms with Crippen molar-refractivity contribution in [1.82, 2.24) is 4.98 Å². The van der Waals surface area contributed by atoms with Crippen LogP contribution in [0, 0.1) is 0 Å². The van der Waals surface area contributed by atoms with Gasteiger partial charge in [0.2, 0.25) is 0 Å². The molecule has 6 heteroatoms. The summed E-state index contributed by atoms with van der Waals surface area (Å²) >= 11 is 0. The van der Waals surface area contributed by atoms with E-state index in [0.29, 0.717) is 47.8 Å². The molecule has 0 saturated heterocycles. The molecule has 1 aliphatic heterocycles. The molecule has 160 valence electrons. The molecule has 0 fully saturated rings. The number of rotatable bonds is 4. The first kappa shape index (κ1) is 19.9. The Morgan fingerprint density at radius 1 is 0.906 bits per heavy atom. The Balaban J connectivity index is 1.36. The second-order valence-electron chi connectivity index (χ2n) is 7.61. The summed E-state index contributed by atoms with van der Waals surface area (Å²) in [7, 11) is 0. The minimum Gasteiger partial charge on any atom is -0.490 e. The summed E-state index contributed by atoms with van der Waals surface area (Å²) in [6.45, 7) is 1.14. The van der Waals surface area contributed by atoms with Gasteiger partial charge in [0.05, 0.1) is 18.8 Å². The van der Waals surface area contributed by atoms with E-state index in [0.717, 1.165) is 22.9 Å². The van der Waals surface area contributed by atoms with Crippen molar-refractivity contribution in [3.05, 3.63) is 100.0 Å². The summed E-state index contributed by atoms with van der Waals surface area (Å²) in [6, 6.07) is 20.0. The van der Waals surface area contributed by atoms with Crippen LogP contribution in [0.2, 0.25) is 0 Å². The maximum atomic E-state index is 12.7. The standard InChI is InChI=1S/C26H21NO5/c28-25-22-8-2-1-7-21(22)19(16-27-25)13-17-5-3-6-20(14-17)32-26(29)18-9-10-23-24(15-18)31-12-4-11-30-23/h1-3,5-10,14-16H,4,11-13H2,(H,27,28). The number of benzene rings is 3. The fourth-order valence-electron chi connectivity index (χ4n) is 3.81. The number of pyridine rings is 1. The number of ether oxygens (including phenoxy) is 3. The molecule has 0 amide bonds. The second-order valence-corrected chi connectivity index (χ2v) is 7.61. The molecular weight excluding hydrogens is 406 g/mol. The van der Waals surface area contributed by atoms with Crippen molar-refractivity contribution in [3.63, 3.8) is 0 Å². The van der Waals surface area contributed by atoms with Gasteiger partial charge >= 0.3 is 5.97 Å². The average Bonchev–Trinajstić information content (AvgIpc) is 3.06. The maximum Gasteiger partial charge on any atom is 0.343 e. The highest BCUT2D eigenvalue weighted by Gasteiger charge is 2.16. The molecule has 32 heavy (non-hydrogen) atoms. The Bertz CT molecular complexity index is 1360. The molecule has 5 rings (SSSR count). The van der Waals surface area contributed by atoms with E-state index in [-0.39, 0.29) is 5.56 Å². The molecule has 0 radical (unpaired) electrons. The Morgan fingerprint density at radius 2 is 1.72 bits per heavy atom. The lowest BCUT2D eigenvalue weighted by Crippen LogP contribution is -2.09. The van der Waals surface area contributed by atoms with Gasteiger partial charge in [0, 0.05) is 18.0 Å². The van der Waals surface area contributed by atoms with Crippen molar-refractivity contribution in [2.45, 2.75) is 12.8 Å². The number of nitrogens with one attached hydrogen (secondary N) is 1. The number of fused-ring (bicyclic) bond motifs is 2. The third kappa shape index (κ3) is 4.07. The number of aromatic amines is 1. The lowest BCUT2D eigenvalue weighted by Gasteiger charge is -2.10. The second kappa shape index (κ2) is 8.59. The maximum absolute atomic E-state index is 12.7. The van der Waals surface area contributed by atoms with Gasteiger partial charge in [-0.05, 0) is 59.3 Å². The minimum absolute atomic E-state index is 0.109. The number of esters is 1. The van der Waals surface area contributed by atoms with Gasteiger partial charge in [-0.15, -0.1) is 0 Å². The fourth-order valence-corrected chi connectivity index (χ4v) is 3.81. The summed E-state index contributed by atoms with van der Waals surface area (Å²) < 4.78 is 16.9. The van der Waals surface area contributed by atoms with E-state index < -0.39 is 5.97 Å². The van der Waals surface area contributed by atoms with Gasteiger partial charge in [-0.1, -0.05) is 30.3 Å². The van der Waals surface area contributed by atoms with Crippen molar-refractivity contribution in [2.24, 2.45) is 0 Å². The van der Waals surface area contributed by atoms with E-state index in [1.165, 1.54) is 0 Å². The number of hydrogen-bond donors (Lipinski definition) is 1. The van der Waals surface area contributed by atoms with E-state index in [9.17, 15) is 9.59 Å². The van der Waals surface area contributed by atoms with Crippen LogP contribution in [-0.4, -0.2) is 24.2 Å². The van der Waals surface area contributed by atoms with Gasteiger partial charge in [0.1, 0.15) is 5.75 Å². The molecule has 0 saturated carbocycles. The zero-order valence-electron chi connectivity index (χ0n) is 17.3. The summed E-state index contributed by atoms with van der Waals surface area (Å²) in [6.07, 6.45) is 3.12. The van der Waals surface area contributed by atoms with Crippen molar-refractivity contribution < 1.29 is 19.0 Å². The average molecular weight is 427 g/mol. The highest BCUT2D eigenvalue weighted by Crippen LogP contribution is 2.31. The molecule has 2 heterocycles. The van der Waals surface area contributed by atoms with Gasteiger partial charge < -0.3 is 19.2 Å². The van der Waals surface area contributed by atoms with Crippen LogP contribution in [-0.2, 0) is 6.42 Å². The summed E-state index contributed by atoms with van der Waals surface area (Å²) in [5.41, 5.74) is 2.24. The lowest BCUT2D eigenvalue weighted by molar-refractivity contribution is 0.0734. The highest BCUT2D eigenvalue weighted by molar-refractivity contribution is 5.92. The highest BCUT2D eigenvalue weighted by atomic mass is 16.5. The van der Waals surface area contributed by atoms with Gasteiger partial charge in [0.25, 0.3) is 5.56 Å². The largest absolute Gasteiger partial charge is 0.490 e. The molecule has 4 aromatic rings. The summed E-state index contributed by atoms with van der Waals surface area (Å²) in [5.74, 6) is 1.17. The molecule has 0 aliphatic carbocycles. The first-order valence-corrected chi connectivity index (χ1v) is 10.5. The first-order chi connectivity index (χ1) is 15.7. The third-order valence-electron chi connectivity index (χ3n) is 5.38. The van der Waals surface area contributed by atoms with Gasteiger partial charge in [-0.25, -0.2) is 4.79 Å². The molecular formula is C26H21NO5.